The minimum absolute atomic E-state index is 0.0598. The third-order valence-corrected chi connectivity index (χ3v) is 3.32. The molecule has 2 aromatic rings. The lowest BCUT2D eigenvalue weighted by Gasteiger charge is -2.22. The van der Waals surface area contributed by atoms with Crippen molar-refractivity contribution in [2.45, 2.75) is 6.54 Å². The molecule has 0 atom stereocenters. The third-order valence-electron chi connectivity index (χ3n) is 2.82. The molecule has 0 aliphatic heterocycles. The Morgan fingerprint density at radius 1 is 1.27 bits per heavy atom. The highest BCUT2D eigenvalue weighted by Crippen LogP contribution is 2.28. The quantitative estimate of drug-likeness (QED) is 0.375. The molecule has 22 heavy (non-hydrogen) atoms. The summed E-state index contributed by atoms with van der Waals surface area (Å²) in [6.45, 7) is 0.176. The number of amides is 1. The summed E-state index contributed by atoms with van der Waals surface area (Å²) in [6.07, 6.45) is -0.157. The summed E-state index contributed by atoms with van der Waals surface area (Å²) >= 11 is 3.36. The van der Waals surface area contributed by atoms with Gasteiger partial charge in [0, 0.05) is 4.47 Å². The van der Waals surface area contributed by atoms with Crippen molar-refractivity contribution in [1.29, 1.82) is 0 Å². The van der Waals surface area contributed by atoms with Gasteiger partial charge in [-0.3, -0.25) is 4.90 Å². The van der Waals surface area contributed by atoms with Crippen molar-refractivity contribution in [3.8, 4) is 5.75 Å². The van der Waals surface area contributed by atoms with Crippen LogP contribution in [0.25, 0.3) is 0 Å². The van der Waals surface area contributed by atoms with Crippen molar-refractivity contribution >= 4 is 34.1 Å². The average molecular weight is 365 g/mol. The van der Waals surface area contributed by atoms with E-state index in [-0.39, 0.29) is 12.3 Å². The molecule has 1 amide bonds. The molecule has 0 spiro atoms. The number of ether oxygens (including phenoxy) is 1. The predicted molar refractivity (Wildman–Crippen MR) is 85.2 cm³/mol. The predicted octanol–water partition coefficient (Wildman–Crippen LogP) is 3.72. The van der Waals surface area contributed by atoms with Crippen LogP contribution in [0.5, 0.6) is 5.75 Å². The number of anilines is 1. The van der Waals surface area contributed by atoms with Crippen LogP contribution in [0.4, 0.5) is 10.5 Å². The number of nitrogens with zero attached hydrogens (tertiary/aromatic N) is 2. The minimum Gasteiger partial charge on any atom is -0.506 e. The fourth-order valence-electron chi connectivity index (χ4n) is 1.89. The lowest BCUT2D eigenvalue weighted by atomic mass is 10.2. The SMILES string of the molecule is O=C(O/C=N/O)N(Cc1cccc(Br)c1)c1ccccc1O. The molecule has 0 aliphatic rings. The van der Waals surface area contributed by atoms with Crippen molar-refractivity contribution in [2.75, 3.05) is 4.90 Å². The maximum atomic E-state index is 12.1. The number of rotatable bonds is 4. The number of carbonyl (C=O) groups is 1. The monoisotopic (exact) mass is 364 g/mol. The van der Waals surface area contributed by atoms with Gasteiger partial charge in [0.2, 0.25) is 6.40 Å². The molecular weight excluding hydrogens is 352 g/mol. The number of carbonyl (C=O) groups excluding carboxylic acids is 1. The molecule has 0 fully saturated rings. The Morgan fingerprint density at radius 2 is 2.05 bits per heavy atom. The molecule has 2 aromatic carbocycles. The molecule has 0 bridgehead atoms. The Morgan fingerprint density at radius 3 is 2.73 bits per heavy atom. The number of oxime groups is 1. The molecule has 0 aliphatic carbocycles. The van der Waals surface area contributed by atoms with Crippen LogP contribution >= 0.6 is 15.9 Å². The highest BCUT2D eigenvalue weighted by atomic mass is 79.9. The summed E-state index contributed by atoms with van der Waals surface area (Å²) in [6, 6.07) is 13.8. The summed E-state index contributed by atoms with van der Waals surface area (Å²) in [5, 5.41) is 20.9. The molecule has 0 heterocycles. The first kappa shape index (κ1) is 15.8. The summed E-state index contributed by atoms with van der Waals surface area (Å²) < 4.78 is 5.56. The van der Waals surface area contributed by atoms with Crippen LogP contribution in [0.2, 0.25) is 0 Å². The Labute approximate surface area is 135 Å². The van der Waals surface area contributed by atoms with Crippen molar-refractivity contribution in [3.63, 3.8) is 0 Å². The lowest BCUT2D eigenvalue weighted by Crippen LogP contribution is -2.30. The molecule has 0 unspecified atom stereocenters. The topological polar surface area (TPSA) is 82.4 Å². The van der Waals surface area contributed by atoms with E-state index in [0.717, 1.165) is 10.0 Å². The summed E-state index contributed by atoms with van der Waals surface area (Å²) in [4.78, 5) is 13.4. The van der Waals surface area contributed by atoms with E-state index in [0.29, 0.717) is 12.1 Å². The third kappa shape index (κ3) is 3.98. The van der Waals surface area contributed by atoms with E-state index in [1.807, 2.05) is 24.3 Å². The van der Waals surface area contributed by atoms with Gasteiger partial charge < -0.3 is 15.1 Å². The first-order chi connectivity index (χ1) is 10.6. The van der Waals surface area contributed by atoms with Crippen molar-refractivity contribution in [3.05, 3.63) is 58.6 Å². The van der Waals surface area contributed by atoms with E-state index >= 15 is 0 Å². The van der Waals surface area contributed by atoms with Gasteiger partial charge in [0.1, 0.15) is 5.75 Å². The highest BCUT2D eigenvalue weighted by molar-refractivity contribution is 9.10. The molecule has 7 heteroatoms. The normalized spacial score (nSPS) is 10.6. The van der Waals surface area contributed by atoms with E-state index < -0.39 is 6.09 Å². The fraction of sp³-hybridized carbons (Fsp3) is 0.0667. The average Bonchev–Trinajstić information content (AvgIpc) is 2.51. The van der Waals surface area contributed by atoms with Crippen molar-refractivity contribution in [1.82, 2.24) is 0 Å². The number of aromatic hydroxyl groups is 1. The van der Waals surface area contributed by atoms with Gasteiger partial charge in [0.25, 0.3) is 0 Å². The van der Waals surface area contributed by atoms with Crippen LogP contribution in [0, 0.1) is 0 Å². The van der Waals surface area contributed by atoms with Crippen LogP contribution in [0.3, 0.4) is 0 Å². The van der Waals surface area contributed by atoms with Crippen LogP contribution in [-0.4, -0.2) is 22.8 Å². The Kier molecular flexibility index (Phi) is 5.37. The number of hydrogen-bond acceptors (Lipinski definition) is 5. The van der Waals surface area contributed by atoms with Gasteiger partial charge in [-0.05, 0) is 29.8 Å². The van der Waals surface area contributed by atoms with Gasteiger partial charge in [-0.1, -0.05) is 45.4 Å². The van der Waals surface area contributed by atoms with Crippen LogP contribution in [0.1, 0.15) is 5.56 Å². The molecule has 114 valence electrons. The van der Waals surface area contributed by atoms with E-state index in [1.54, 1.807) is 18.2 Å². The smallest absolute Gasteiger partial charge is 0.421 e. The summed E-state index contributed by atoms with van der Waals surface area (Å²) in [7, 11) is 0. The van der Waals surface area contributed by atoms with Gasteiger partial charge in [-0.25, -0.2) is 4.79 Å². The number of phenolic OH excluding ortho intramolecular Hbond substituents is 1. The number of phenols is 1. The number of halogens is 1. The Bertz CT molecular complexity index is 691. The number of hydrogen-bond donors (Lipinski definition) is 2. The zero-order chi connectivity index (χ0) is 15.9. The fourth-order valence-corrected chi connectivity index (χ4v) is 2.34. The van der Waals surface area contributed by atoms with Crippen LogP contribution in [-0.2, 0) is 11.3 Å². The largest absolute Gasteiger partial charge is 0.506 e. The maximum Gasteiger partial charge on any atom is 0.421 e. The molecule has 6 nitrogen and oxygen atoms in total. The minimum atomic E-state index is -0.778. The lowest BCUT2D eigenvalue weighted by molar-refractivity contribution is 0.202. The van der Waals surface area contributed by atoms with Gasteiger partial charge in [0.15, 0.2) is 0 Å². The van der Waals surface area contributed by atoms with Crippen LogP contribution in [0.15, 0.2) is 58.2 Å². The molecule has 2 rings (SSSR count). The zero-order valence-corrected chi connectivity index (χ0v) is 13.0. The molecular formula is C15H13BrN2O4. The van der Waals surface area contributed by atoms with E-state index in [9.17, 15) is 9.90 Å². The molecule has 2 N–H and O–H groups in total. The highest BCUT2D eigenvalue weighted by Gasteiger charge is 2.20. The standard InChI is InChI=1S/C15H13BrN2O4/c16-12-5-3-4-11(8-12)9-18(15(20)22-10-17-21)13-6-1-2-7-14(13)19/h1-8,10,19,21H,9H2/b17-10+. The first-order valence-electron chi connectivity index (χ1n) is 6.28. The Hall–Kier alpha value is -2.54. The van der Waals surface area contributed by atoms with Gasteiger partial charge in [-0.15, -0.1) is 0 Å². The van der Waals surface area contributed by atoms with Crippen molar-refractivity contribution in [2.24, 2.45) is 5.16 Å². The maximum absolute atomic E-state index is 12.1. The van der Waals surface area contributed by atoms with Gasteiger partial charge >= 0.3 is 6.09 Å². The van der Waals surface area contributed by atoms with Crippen molar-refractivity contribution < 1.29 is 19.8 Å². The number of para-hydroxylation sites is 2. The zero-order valence-electron chi connectivity index (χ0n) is 11.4. The second-order valence-corrected chi connectivity index (χ2v) is 5.23. The second kappa shape index (κ2) is 7.46. The summed E-state index contributed by atoms with van der Waals surface area (Å²) in [5.41, 5.74) is 1.12. The summed E-state index contributed by atoms with van der Waals surface area (Å²) in [5.74, 6) is -0.0598. The van der Waals surface area contributed by atoms with Gasteiger partial charge in [-0.2, -0.15) is 0 Å². The second-order valence-electron chi connectivity index (χ2n) is 4.31. The van der Waals surface area contributed by atoms with Gasteiger partial charge in [0.05, 0.1) is 12.2 Å². The van der Waals surface area contributed by atoms with Crippen LogP contribution < -0.4 is 4.90 Å². The van der Waals surface area contributed by atoms with E-state index in [1.165, 1.54) is 11.0 Å². The Balaban J connectivity index is 2.33. The molecule has 0 aromatic heterocycles. The molecule has 0 saturated heterocycles. The molecule has 0 radical (unpaired) electrons. The number of benzene rings is 2. The first-order valence-corrected chi connectivity index (χ1v) is 7.07. The van der Waals surface area contributed by atoms with E-state index in [4.69, 9.17) is 5.21 Å². The molecule has 0 saturated carbocycles. The van der Waals surface area contributed by atoms with E-state index in [2.05, 4.69) is 25.8 Å².